The van der Waals surface area contributed by atoms with Crippen LogP contribution in [0.15, 0.2) is 0 Å². The van der Waals surface area contributed by atoms with Gasteiger partial charge in [-0.15, -0.1) is 47.0 Å². The molecule has 0 spiro atoms. The second-order valence-electron chi connectivity index (χ2n) is 13.0. The van der Waals surface area contributed by atoms with Gasteiger partial charge in [-0.05, 0) is 48.7 Å². The maximum Gasteiger partial charge on any atom is 0.317 e. The molecule has 1 heterocycles. The van der Waals surface area contributed by atoms with Crippen LogP contribution in [0, 0.1) is 0 Å². The second kappa shape index (κ2) is 31.7. The van der Waals surface area contributed by atoms with Gasteiger partial charge >= 0.3 is 47.8 Å². The van der Waals surface area contributed by atoms with E-state index < -0.39 is 125 Å². The number of aliphatic carboxylic acids is 8. The third kappa shape index (κ3) is 24.4. The molecular formula is C35H54O22S4. The monoisotopic (exact) mass is 954 g/mol. The lowest BCUT2D eigenvalue weighted by molar-refractivity contribution is -0.318. The van der Waals surface area contributed by atoms with E-state index in [1.54, 1.807) is 0 Å². The SMILES string of the molecule is CO[C@H]1O[C@H](COCCCSC(CC(=O)O)C(=O)O)[C@@H](OCCCSC(CC(=O)O)C(=O)O)[C@H](OCCCSC(CC(=O)O)C(=O)O)[C@H]1OCCCSC(CC(=O)O)C(=O)O. The predicted molar refractivity (Wildman–Crippen MR) is 219 cm³/mol. The van der Waals surface area contributed by atoms with E-state index >= 15 is 0 Å². The van der Waals surface area contributed by atoms with Gasteiger partial charge in [-0.2, -0.15) is 0 Å². The van der Waals surface area contributed by atoms with Gasteiger partial charge in [-0.25, -0.2) is 0 Å². The van der Waals surface area contributed by atoms with Crippen LogP contribution in [0.1, 0.15) is 51.4 Å². The van der Waals surface area contributed by atoms with Crippen LogP contribution in [0.5, 0.6) is 0 Å². The molecule has 0 aromatic rings. The summed E-state index contributed by atoms with van der Waals surface area (Å²) < 4.78 is 36.5. The van der Waals surface area contributed by atoms with Crippen LogP contribution in [0.2, 0.25) is 0 Å². The normalized spacial score (nSPS) is 20.8. The van der Waals surface area contributed by atoms with Crippen molar-refractivity contribution < 1.29 is 108 Å². The van der Waals surface area contributed by atoms with Crippen molar-refractivity contribution in [1.82, 2.24) is 0 Å². The van der Waals surface area contributed by atoms with Crippen LogP contribution in [0.4, 0.5) is 0 Å². The molecule has 0 radical (unpaired) electrons. The van der Waals surface area contributed by atoms with E-state index in [-0.39, 0.29) is 75.3 Å². The largest absolute Gasteiger partial charge is 0.481 e. The average Bonchev–Trinajstić information content (AvgIpc) is 3.16. The number of carboxylic acids is 8. The number of ether oxygens (including phenoxy) is 6. The summed E-state index contributed by atoms with van der Waals surface area (Å²) in [6, 6.07) is 0. The minimum atomic E-state index is -1.29. The van der Waals surface area contributed by atoms with Crippen LogP contribution in [0.3, 0.4) is 0 Å². The summed E-state index contributed by atoms with van der Waals surface area (Å²) in [6.07, 6.45) is -6.31. The van der Waals surface area contributed by atoms with Gasteiger partial charge in [0.2, 0.25) is 0 Å². The van der Waals surface area contributed by atoms with E-state index in [0.29, 0.717) is 6.42 Å². The fraction of sp³-hybridized carbons (Fsp3) is 0.771. The van der Waals surface area contributed by atoms with E-state index in [2.05, 4.69) is 0 Å². The van der Waals surface area contributed by atoms with Crippen molar-refractivity contribution in [2.75, 3.05) is 63.2 Å². The Balaban J connectivity index is 3.25. The molecule has 1 saturated heterocycles. The molecular weight excluding hydrogens is 901 g/mol. The van der Waals surface area contributed by atoms with Gasteiger partial charge in [-0.1, -0.05) is 0 Å². The van der Waals surface area contributed by atoms with E-state index in [1.807, 2.05) is 0 Å². The number of methoxy groups -OCH3 is 1. The summed E-state index contributed by atoms with van der Waals surface area (Å²) in [5.41, 5.74) is 0. The van der Waals surface area contributed by atoms with Crippen LogP contribution in [0.25, 0.3) is 0 Å². The molecule has 0 saturated carbocycles. The molecule has 8 N–H and O–H groups in total. The van der Waals surface area contributed by atoms with Gasteiger partial charge in [0.25, 0.3) is 0 Å². The summed E-state index contributed by atoms with van der Waals surface area (Å²) in [6.45, 7) is -0.0766. The number of carboxylic acid groups (broad SMARTS) is 8. The Bertz CT molecular complexity index is 1410. The first kappa shape index (κ1) is 55.9. The molecule has 0 aromatic carbocycles. The highest BCUT2D eigenvalue weighted by molar-refractivity contribution is 8.01. The third-order valence-corrected chi connectivity index (χ3v) is 13.3. The number of carbonyl (C=O) groups is 8. The lowest BCUT2D eigenvalue weighted by Crippen LogP contribution is -2.62. The Morgan fingerprint density at radius 1 is 0.475 bits per heavy atom. The fourth-order valence-electron chi connectivity index (χ4n) is 5.37. The predicted octanol–water partition coefficient (Wildman–Crippen LogP) is 1.73. The van der Waals surface area contributed by atoms with Gasteiger partial charge < -0.3 is 69.3 Å². The standard InChI is InChI=1S/C35H54O22S4/c1-52-35-30(56-9-5-13-61-23(34(50)51)17-27(42)43)29(55-8-4-12-60-22(33(48)49)16-26(40)41)28(54-7-3-11-59-21(32(46)47)15-25(38)39)19(57-35)18-53-6-2-10-58-20(31(44)45)14-24(36)37/h19-23,28-30,35H,2-18H2,1H3,(H,36,37)(H,38,39)(H,40,41)(H,42,43)(H,44,45)(H,46,47)(H,48,49)(H,50,51)/t19-,20?,21?,22?,23?,28-,29+,30-,35+/m1/s1. The maximum absolute atomic E-state index is 11.6. The van der Waals surface area contributed by atoms with Crippen molar-refractivity contribution in [2.45, 2.75) is 103 Å². The highest BCUT2D eigenvalue weighted by Crippen LogP contribution is 2.31. The molecule has 61 heavy (non-hydrogen) atoms. The molecule has 9 atom stereocenters. The number of thioether (sulfide) groups is 4. The molecule has 22 nitrogen and oxygen atoms in total. The number of hydrogen-bond donors (Lipinski definition) is 8. The van der Waals surface area contributed by atoms with Gasteiger partial charge in [0, 0.05) is 33.5 Å². The first-order valence-electron chi connectivity index (χ1n) is 18.7. The summed E-state index contributed by atoms with van der Waals surface area (Å²) >= 11 is 3.69. The summed E-state index contributed by atoms with van der Waals surface area (Å²) in [7, 11) is 1.34. The lowest BCUT2D eigenvalue weighted by Gasteiger charge is -2.45. The minimum absolute atomic E-state index is 0.00689. The van der Waals surface area contributed by atoms with Gasteiger partial charge in [0.15, 0.2) is 6.29 Å². The average molecular weight is 955 g/mol. The van der Waals surface area contributed by atoms with Crippen molar-refractivity contribution in [3.05, 3.63) is 0 Å². The maximum atomic E-state index is 11.6. The molecule has 4 unspecified atom stereocenters. The number of rotatable bonds is 38. The zero-order chi connectivity index (χ0) is 45.9. The molecule has 0 aromatic heterocycles. The molecule has 0 bridgehead atoms. The van der Waals surface area contributed by atoms with Gasteiger partial charge in [0.05, 0.1) is 32.3 Å². The Kier molecular flexibility index (Phi) is 29.1. The van der Waals surface area contributed by atoms with Crippen LogP contribution in [-0.2, 0) is 66.8 Å². The lowest BCUT2D eigenvalue weighted by atomic mass is 9.98. The van der Waals surface area contributed by atoms with Crippen molar-refractivity contribution in [3.8, 4) is 0 Å². The summed E-state index contributed by atoms with van der Waals surface area (Å²) in [5.74, 6) is -9.39. The molecule has 0 amide bonds. The quantitative estimate of drug-likeness (QED) is 0.0409. The smallest absolute Gasteiger partial charge is 0.317 e. The van der Waals surface area contributed by atoms with Crippen LogP contribution < -0.4 is 0 Å². The Hall–Kier alpha value is -3.08. The molecule has 0 aliphatic carbocycles. The van der Waals surface area contributed by atoms with Crippen LogP contribution in [-0.4, -0.2) is 203 Å². The fourth-order valence-corrected chi connectivity index (χ4v) is 9.26. The van der Waals surface area contributed by atoms with Gasteiger partial charge in [-0.3, -0.25) is 38.4 Å². The molecule has 350 valence electrons. The first-order chi connectivity index (χ1) is 28.9. The number of hydrogen-bond acceptors (Lipinski definition) is 18. The molecule has 1 aliphatic heterocycles. The third-order valence-electron chi connectivity index (χ3n) is 8.15. The molecule has 1 rings (SSSR count). The Morgan fingerprint density at radius 3 is 1.10 bits per heavy atom. The summed E-state index contributed by atoms with van der Waals surface area (Å²) in [5, 5.41) is 69.0. The van der Waals surface area contributed by atoms with E-state index in [4.69, 9.17) is 48.8 Å². The topological polar surface area (TPSA) is 354 Å². The van der Waals surface area contributed by atoms with E-state index in [9.17, 15) is 58.8 Å². The first-order valence-corrected chi connectivity index (χ1v) is 22.9. The van der Waals surface area contributed by atoms with Gasteiger partial charge in [0.1, 0.15) is 45.4 Å². The van der Waals surface area contributed by atoms with E-state index in [1.165, 1.54) is 7.11 Å². The zero-order valence-electron chi connectivity index (χ0n) is 33.1. The van der Waals surface area contributed by atoms with Crippen molar-refractivity contribution in [3.63, 3.8) is 0 Å². The van der Waals surface area contributed by atoms with Crippen LogP contribution >= 0.6 is 47.0 Å². The van der Waals surface area contributed by atoms with Crippen molar-refractivity contribution in [2.24, 2.45) is 0 Å². The Labute approximate surface area is 367 Å². The van der Waals surface area contributed by atoms with Crippen molar-refractivity contribution in [1.29, 1.82) is 0 Å². The summed E-state index contributed by atoms with van der Waals surface area (Å²) in [4.78, 5) is 90.4. The highest BCUT2D eigenvalue weighted by atomic mass is 32.2. The minimum Gasteiger partial charge on any atom is -0.481 e. The van der Waals surface area contributed by atoms with Crippen molar-refractivity contribution >= 4 is 94.8 Å². The molecule has 26 heteroatoms. The molecule has 1 aliphatic rings. The molecule has 1 fully saturated rings. The Morgan fingerprint density at radius 2 is 0.787 bits per heavy atom. The zero-order valence-corrected chi connectivity index (χ0v) is 36.4. The highest BCUT2D eigenvalue weighted by Gasteiger charge is 2.48. The van der Waals surface area contributed by atoms with E-state index in [0.717, 1.165) is 47.0 Å². The second-order valence-corrected chi connectivity index (χ2v) is 18.2.